The van der Waals surface area contributed by atoms with Gasteiger partial charge in [0.15, 0.2) is 0 Å². The van der Waals surface area contributed by atoms with E-state index in [0.717, 1.165) is 25.9 Å². The van der Waals surface area contributed by atoms with Gasteiger partial charge in [0.2, 0.25) is 0 Å². The number of hydrogen-bond donors (Lipinski definition) is 1. The molecule has 1 aliphatic heterocycles. The molecule has 0 aromatic heterocycles. The fraction of sp³-hybridized carbons (Fsp3) is 0.700. The number of halogens is 1. The van der Waals surface area contributed by atoms with Gasteiger partial charge in [-0.1, -0.05) is 17.7 Å². The molecule has 0 bridgehead atoms. The average molecular weight is 218 g/mol. The van der Waals surface area contributed by atoms with Crippen molar-refractivity contribution in [3.05, 3.63) is 11.6 Å². The van der Waals surface area contributed by atoms with Crippen LogP contribution in [0.5, 0.6) is 0 Å². The van der Waals surface area contributed by atoms with E-state index in [1.807, 2.05) is 13.0 Å². The van der Waals surface area contributed by atoms with Crippen LogP contribution in [0, 0.1) is 5.41 Å². The summed E-state index contributed by atoms with van der Waals surface area (Å²) >= 11 is 5.43. The molecule has 0 amide bonds. The lowest BCUT2D eigenvalue weighted by molar-refractivity contribution is -0.151. The van der Waals surface area contributed by atoms with E-state index in [1.54, 1.807) is 0 Å². The van der Waals surface area contributed by atoms with Crippen LogP contribution >= 0.6 is 11.6 Å². The fourth-order valence-electron chi connectivity index (χ4n) is 1.86. The Labute approximate surface area is 89.3 Å². The third-order valence-electron chi connectivity index (χ3n) is 2.74. The molecule has 1 N–H and O–H groups in total. The Morgan fingerprint density at radius 3 is 3.00 bits per heavy atom. The van der Waals surface area contributed by atoms with Gasteiger partial charge >= 0.3 is 5.97 Å². The molecule has 0 radical (unpaired) electrons. The van der Waals surface area contributed by atoms with E-state index in [4.69, 9.17) is 16.7 Å². The number of aliphatic carboxylic acids is 1. The third kappa shape index (κ3) is 2.72. The van der Waals surface area contributed by atoms with Gasteiger partial charge in [0.1, 0.15) is 0 Å². The largest absolute Gasteiger partial charge is 0.481 e. The molecular formula is C10H16ClNO2. The smallest absolute Gasteiger partial charge is 0.310 e. The Kier molecular flexibility index (Phi) is 3.96. The lowest BCUT2D eigenvalue weighted by Crippen LogP contribution is -2.45. The van der Waals surface area contributed by atoms with Crippen LogP contribution in [0.25, 0.3) is 0 Å². The highest BCUT2D eigenvalue weighted by Crippen LogP contribution is 2.29. The molecule has 1 unspecified atom stereocenters. The number of piperidine rings is 1. The first-order valence-electron chi connectivity index (χ1n) is 4.79. The van der Waals surface area contributed by atoms with Gasteiger partial charge in [-0.05, 0) is 26.3 Å². The number of nitrogens with zero attached hydrogens (tertiary/aromatic N) is 1. The van der Waals surface area contributed by atoms with Gasteiger partial charge in [-0.25, -0.2) is 0 Å². The van der Waals surface area contributed by atoms with Crippen molar-refractivity contribution < 1.29 is 9.90 Å². The Balaban J connectivity index is 2.55. The Hall–Kier alpha value is -0.540. The zero-order valence-corrected chi connectivity index (χ0v) is 9.13. The number of hydrogen-bond acceptors (Lipinski definition) is 2. The molecule has 1 saturated heterocycles. The molecule has 3 nitrogen and oxygen atoms in total. The van der Waals surface area contributed by atoms with Gasteiger partial charge in [0, 0.05) is 18.6 Å². The van der Waals surface area contributed by atoms with Crippen molar-refractivity contribution in [1.29, 1.82) is 0 Å². The van der Waals surface area contributed by atoms with E-state index in [0.29, 0.717) is 6.54 Å². The van der Waals surface area contributed by atoms with Crippen molar-refractivity contribution in [2.45, 2.75) is 19.8 Å². The summed E-state index contributed by atoms with van der Waals surface area (Å²) in [4.78, 5) is 13.1. The summed E-state index contributed by atoms with van der Waals surface area (Å²) in [6.45, 7) is 4.13. The molecule has 4 heteroatoms. The summed E-state index contributed by atoms with van der Waals surface area (Å²) in [6.07, 6.45) is 3.55. The Morgan fingerprint density at radius 1 is 1.71 bits per heavy atom. The van der Waals surface area contributed by atoms with Crippen LogP contribution in [-0.4, -0.2) is 35.6 Å². The molecule has 14 heavy (non-hydrogen) atoms. The summed E-state index contributed by atoms with van der Waals surface area (Å²) in [5.74, 6) is -0.697. The molecule has 0 spiro atoms. The topological polar surface area (TPSA) is 40.5 Å². The minimum atomic E-state index is -0.697. The summed E-state index contributed by atoms with van der Waals surface area (Å²) in [7, 11) is 0. The minimum absolute atomic E-state index is 0.585. The maximum atomic E-state index is 11.0. The van der Waals surface area contributed by atoms with Crippen molar-refractivity contribution >= 4 is 17.6 Å². The van der Waals surface area contributed by atoms with Crippen LogP contribution in [0.3, 0.4) is 0 Å². The summed E-state index contributed by atoms with van der Waals surface area (Å²) in [5, 5.41) is 9.07. The van der Waals surface area contributed by atoms with Gasteiger partial charge in [0.05, 0.1) is 5.41 Å². The summed E-state index contributed by atoms with van der Waals surface area (Å²) < 4.78 is 0. The van der Waals surface area contributed by atoms with Crippen LogP contribution < -0.4 is 0 Å². The van der Waals surface area contributed by atoms with Gasteiger partial charge < -0.3 is 5.11 Å². The highest BCUT2D eigenvalue weighted by Gasteiger charge is 2.37. The van der Waals surface area contributed by atoms with Gasteiger partial charge in [-0.2, -0.15) is 0 Å². The van der Waals surface area contributed by atoms with Crippen LogP contribution in [0.1, 0.15) is 19.8 Å². The van der Waals surface area contributed by atoms with E-state index >= 15 is 0 Å². The molecule has 1 atom stereocenters. The van der Waals surface area contributed by atoms with Crippen LogP contribution in [0.15, 0.2) is 11.6 Å². The second-order valence-corrected chi connectivity index (χ2v) is 4.32. The lowest BCUT2D eigenvalue weighted by Gasteiger charge is -2.36. The maximum Gasteiger partial charge on any atom is 0.310 e. The van der Waals surface area contributed by atoms with Crippen molar-refractivity contribution in [1.82, 2.24) is 4.90 Å². The molecule has 1 fully saturated rings. The first-order valence-corrected chi connectivity index (χ1v) is 5.23. The molecule has 80 valence electrons. The predicted octanol–water partition coefficient (Wildman–Crippen LogP) is 1.93. The number of rotatable bonds is 3. The fourth-order valence-corrected chi connectivity index (χ4v) is 1.94. The van der Waals surface area contributed by atoms with Crippen molar-refractivity contribution in [2.75, 3.05) is 19.6 Å². The number of carboxylic acids is 1. The van der Waals surface area contributed by atoms with Crippen molar-refractivity contribution in [3.63, 3.8) is 0 Å². The normalized spacial score (nSPS) is 29.6. The van der Waals surface area contributed by atoms with Crippen molar-refractivity contribution in [3.8, 4) is 0 Å². The second kappa shape index (κ2) is 4.80. The minimum Gasteiger partial charge on any atom is -0.481 e. The van der Waals surface area contributed by atoms with Gasteiger partial charge in [-0.15, -0.1) is 0 Å². The van der Waals surface area contributed by atoms with Crippen molar-refractivity contribution in [2.24, 2.45) is 5.41 Å². The quantitative estimate of drug-likeness (QED) is 0.786. The highest BCUT2D eigenvalue weighted by molar-refractivity contribution is 6.25. The first kappa shape index (κ1) is 11.5. The van der Waals surface area contributed by atoms with E-state index in [-0.39, 0.29) is 0 Å². The zero-order valence-electron chi connectivity index (χ0n) is 8.37. The molecule has 1 heterocycles. The molecule has 1 aliphatic rings. The van der Waals surface area contributed by atoms with Crippen LogP contribution in [-0.2, 0) is 4.79 Å². The van der Waals surface area contributed by atoms with Gasteiger partial charge in [-0.3, -0.25) is 9.69 Å². The third-order valence-corrected chi connectivity index (χ3v) is 2.92. The highest BCUT2D eigenvalue weighted by atomic mass is 35.5. The van der Waals surface area contributed by atoms with Gasteiger partial charge in [0.25, 0.3) is 0 Å². The standard InChI is InChI=1S/C10H16ClNO2/c1-10(9(13)14)4-2-6-12(8-10)7-3-5-11/h3,5H,2,4,6-8H2,1H3,(H,13,14)/b5-3+. The molecular weight excluding hydrogens is 202 g/mol. The Morgan fingerprint density at radius 2 is 2.43 bits per heavy atom. The summed E-state index contributed by atoms with van der Waals surface area (Å²) in [5.41, 5.74) is 0.894. The molecule has 1 rings (SSSR count). The average Bonchev–Trinajstić information content (AvgIpc) is 2.15. The lowest BCUT2D eigenvalue weighted by atomic mass is 9.82. The maximum absolute atomic E-state index is 11.0. The molecule has 0 aliphatic carbocycles. The molecule has 0 aromatic carbocycles. The van der Waals surface area contributed by atoms with Crippen LogP contribution in [0.4, 0.5) is 0 Å². The zero-order chi connectivity index (χ0) is 10.6. The predicted molar refractivity (Wildman–Crippen MR) is 56.4 cm³/mol. The van der Waals surface area contributed by atoms with E-state index < -0.39 is 11.4 Å². The van der Waals surface area contributed by atoms with E-state index in [9.17, 15) is 4.79 Å². The number of likely N-dealkylation sites (tertiary alicyclic amines) is 1. The summed E-state index contributed by atoms with van der Waals surface area (Å²) in [6, 6.07) is 0. The SMILES string of the molecule is CC1(C(=O)O)CCCN(C/C=C/Cl)C1. The molecule has 0 saturated carbocycles. The second-order valence-electron chi connectivity index (χ2n) is 4.07. The van der Waals surface area contributed by atoms with E-state index in [1.165, 1.54) is 5.54 Å². The Bertz CT molecular complexity index is 242. The van der Waals surface area contributed by atoms with E-state index in [2.05, 4.69) is 4.90 Å². The number of carbonyl (C=O) groups is 1. The monoisotopic (exact) mass is 217 g/mol. The molecule has 0 aromatic rings. The first-order chi connectivity index (χ1) is 6.58. The van der Waals surface area contributed by atoms with Crippen LogP contribution in [0.2, 0.25) is 0 Å². The number of carboxylic acid groups (broad SMARTS) is 1.